The summed E-state index contributed by atoms with van der Waals surface area (Å²) in [6.07, 6.45) is 4.14. The Labute approximate surface area is 182 Å². The van der Waals surface area contributed by atoms with E-state index >= 15 is 0 Å². The first-order valence-electron chi connectivity index (χ1n) is 9.95. The molecule has 3 aromatic rings. The minimum atomic E-state index is -0.460. The van der Waals surface area contributed by atoms with E-state index in [1.807, 2.05) is 11.0 Å². The molecule has 31 heavy (non-hydrogen) atoms. The fraction of sp³-hybridized carbons (Fsp3) is 0.273. The number of nitro benzene ring substituents is 1. The summed E-state index contributed by atoms with van der Waals surface area (Å²) < 4.78 is 13.7. The largest absolute Gasteiger partial charge is 0.366 e. The maximum atomic E-state index is 13.7. The van der Waals surface area contributed by atoms with Gasteiger partial charge < -0.3 is 4.90 Å². The van der Waals surface area contributed by atoms with Crippen LogP contribution in [0.1, 0.15) is 39.2 Å². The molecule has 0 unspecified atom stereocenters. The van der Waals surface area contributed by atoms with Gasteiger partial charge in [0.15, 0.2) is 5.13 Å². The first-order valence-corrected chi connectivity index (χ1v) is 10.8. The highest BCUT2D eigenvalue weighted by Crippen LogP contribution is 2.32. The second kappa shape index (κ2) is 8.81. The van der Waals surface area contributed by atoms with Gasteiger partial charge in [-0.2, -0.15) is 0 Å². The molecular weight excluding hydrogens is 419 g/mol. The molecule has 1 saturated heterocycles. The molecule has 2 heterocycles. The van der Waals surface area contributed by atoms with Crippen LogP contribution in [0.2, 0.25) is 0 Å². The number of thiazole rings is 1. The van der Waals surface area contributed by atoms with E-state index in [-0.39, 0.29) is 17.1 Å². The van der Waals surface area contributed by atoms with Crippen LogP contribution in [0.4, 0.5) is 20.9 Å². The molecular formula is C22H21FN4O3S. The van der Waals surface area contributed by atoms with Crippen LogP contribution >= 0.6 is 11.3 Å². The Hall–Kier alpha value is -3.33. The van der Waals surface area contributed by atoms with E-state index in [1.165, 1.54) is 23.5 Å². The highest BCUT2D eigenvalue weighted by atomic mass is 32.1. The number of anilines is 2. The minimum Gasteiger partial charge on any atom is -0.366 e. The van der Waals surface area contributed by atoms with Crippen molar-refractivity contribution in [2.24, 2.45) is 0 Å². The summed E-state index contributed by atoms with van der Waals surface area (Å²) in [4.78, 5) is 30.8. The number of nitrogens with zero attached hydrogens (tertiary/aromatic N) is 3. The maximum Gasteiger partial charge on any atom is 0.293 e. The number of nitrogens with one attached hydrogen (secondary N) is 1. The summed E-state index contributed by atoms with van der Waals surface area (Å²) in [5.41, 5.74) is 2.08. The van der Waals surface area contributed by atoms with Crippen molar-refractivity contribution in [3.05, 3.63) is 80.1 Å². The number of hydrogen-bond donors (Lipinski definition) is 1. The molecule has 0 radical (unpaired) electrons. The molecule has 1 fully saturated rings. The topological polar surface area (TPSA) is 88.4 Å². The van der Waals surface area contributed by atoms with Gasteiger partial charge in [0.2, 0.25) is 0 Å². The molecule has 0 bridgehead atoms. The van der Waals surface area contributed by atoms with Crippen molar-refractivity contribution in [2.75, 3.05) is 23.3 Å². The van der Waals surface area contributed by atoms with Crippen molar-refractivity contribution in [3.8, 4) is 0 Å². The van der Waals surface area contributed by atoms with E-state index in [0.717, 1.165) is 36.4 Å². The fourth-order valence-corrected chi connectivity index (χ4v) is 4.44. The summed E-state index contributed by atoms with van der Waals surface area (Å²) in [5.74, 6) is -0.715. The van der Waals surface area contributed by atoms with Crippen molar-refractivity contribution >= 4 is 33.8 Å². The molecule has 0 aliphatic carbocycles. The highest BCUT2D eigenvalue weighted by molar-refractivity contribution is 7.15. The summed E-state index contributed by atoms with van der Waals surface area (Å²) in [6, 6.07) is 9.63. The smallest absolute Gasteiger partial charge is 0.293 e. The molecule has 1 aliphatic rings. The standard InChI is InChI=1S/C22H21FN4O3S/c1-14-4-5-15(11-18(14)23)10-17-13-24-22(31-17)25-21(28)16-6-7-19(20(12-16)27(29)30)26-8-2-3-9-26/h4-7,11-13H,2-3,8-10H2,1H3,(H,24,25,28). The van der Waals surface area contributed by atoms with Crippen LogP contribution < -0.4 is 10.2 Å². The number of amides is 1. The number of rotatable bonds is 6. The normalized spacial score (nSPS) is 13.4. The molecule has 2 aromatic carbocycles. The third-order valence-corrected chi connectivity index (χ3v) is 6.18. The minimum absolute atomic E-state index is 0.0734. The van der Waals surface area contributed by atoms with Gasteiger partial charge in [-0.15, -0.1) is 11.3 Å². The average Bonchev–Trinajstić information content (AvgIpc) is 3.42. The molecule has 7 nitrogen and oxygen atoms in total. The van der Waals surface area contributed by atoms with Gasteiger partial charge in [-0.1, -0.05) is 12.1 Å². The number of benzene rings is 2. The lowest BCUT2D eigenvalue weighted by molar-refractivity contribution is -0.384. The monoisotopic (exact) mass is 440 g/mol. The van der Waals surface area contributed by atoms with E-state index in [2.05, 4.69) is 10.3 Å². The Kier molecular flexibility index (Phi) is 5.94. The van der Waals surface area contributed by atoms with E-state index in [4.69, 9.17) is 0 Å². The molecule has 9 heteroatoms. The van der Waals surface area contributed by atoms with Gasteiger partial charge in [0.1, 0.15) is 11.5 Å². The van der Waals surface area contributed by atoms with Crippen molar-refractivity contribution in [2.45, 2.75) is 26.2 Å². The van der Waals surface area contributed by atoms with E-state index in [0.29, 0.717) is 22.8 Å². The lowest BCUT2D eigenvalue weighted by Gasteiger charge is -2.17. The summed E-state index contributed by atoms with van der Waals surface area (Å²) in [7, 11) is 0. The summed E-state index contributed by atoms with van der Waals surface area (Å²) >= 11 is 1.29. The highest BCUT2D eigenvalue weighted by Gasteiger charge is 2.24. The Morgan fingerprint density at radius 2 is 2.03 bits per heavy atom. The van der Waals surface area contributed by atoms with Crippen LogP contribution in [0.25, 0.3) is 0 Å². The zero-order valence-electron chi connectivity index (χ0n) is 16.9. The van der Waals surface area contributed by atoms with Crippen molar-refractivity contribution in [1.82, 2.24) is 4.98 Å². The Morgan fingerprint density at radius 3 is 2.74 bits per heavy atom. The number of halogens is 1. The van der Waals surface area contributed by atoms with Crippen molar-refractivity contribution in [3.63, 3.8) is 0 Å². The number of hydrogen-bond acceptors (Lipinski definition) is 6. The van der Waals surface area contributed by atoms with Crippen LogP contribution in [0.5, 0.6) is 0 Å². The molecule has 160 valence electrons. The molecule has 0 spiro atoms. The molecule has 0 saturated carbocycles. The van der Waals surface area contributed by atoms with Gasteiger partial charge in [0.25, 0.3) is 11.6 Å². The lowest BCUT2D eigenvalue weighted by atomic mass is 10.1. The Bertz CT molecular complexity index is 1140. The van der Waals surface area contributed by atoms with Crippen LogP contribution in [0, 0.1) is 22.9 Å². The number of aromatic nitrogens is 1. The first-order chi connectivity index (χ1) is 14.9. The van der Waals surface area contributed by atoms with Crippen LogP contribution in [0.15, 0.2) is 42.6 Å². The van der Waals surface area contributed by atoms with Gasteiger partial charge in [-0.3, -0.25) is 20.2 Å². The van der Waals surface area contributed by atoms with Gasteiger partial charge in [-0.25, -0.2) is 9.37 Å². The zero-order valence-corrected chi connectivity index (χ0v) is 17.7. The summed E-state index contributed by atoms with van der Waals surface area (Å²) in [6.45, 7) is 3.26. The Morgan fingerprint density at radius 1 is 1.26 bits per heavy atom. The zero-order chi connectivity index (χ0) is 22.0. The third kappa shape index (κ3) is 4.72. The van der Waals surface area contributed by atoms with Crippen molar-refractivity contribution < 1.29 is 14.1 Å². The predicted molar refractivity (Wildman–Crippen MR) is 119 cm³/mol. The number of carbonyl (C=O) groups excluding carboxylic acids is 1. The van der Waals surface area contributed by atoms with Crippen LogP contribution in [-0.4, -0.2) is 28.9 Å². The van der Waals surface area contributed by atoms with Gasteiger partial charge in [-0.05, 0) is 49.1 Å². The number of carbonyl (C=O) groups is 1. The second-order valence-electron chi connectivity index (χ2n) is 7.50. The summed E-state index contributed by atoms with van der Waals surface area (Å²) in [5, 5.41) is 14.6. The molecule has 1 aliphatic heterocycles. The molecule has 1 aromatic heterocycles. The first kappa shape index (κ1) is 20.9. The molecule has 1 amide bonds. The van der Waals surface area contributed by atoms with Crippen molar-refractivity contribution in [1.29, 1.82) is 0 Å². The average molecular weight is 441 g/mol. The quantitative estimate of drug-likeness (QED) is 0.433. The van der Waals surface area contributed by atoms with E-state index in [1.54, 1.807) is 31.3 Å². The number of nitro groups is 1. The predicted octanol–water partition coefficient (Wildman–Crippen LogP) is 4.94. The van der Waals surface area contributed by atoms with E-state index in [9.17, 15) is 19.3 Å². The maximum absolute atomic E-state index is 13.7. The van der Waals surface area contributed by atoms with Gasteiger partial charge in [0.05, 0.1) is 4.92 Å². The number of aryl methyl sites for hydroxylation is 1. The Balaban J connectivity index is 1.47. The lowest BCUT2D eigenvalue weighted by Crippen LogP contribution is -2.19. The van der Waals surface area contributed by atoms with Crippen LogP contribution in [-0.2, 0) is 6.42 Å². The molecule has 4 rings (SSSR count). The third-order valence-electron chi connectivity index (χ3n) is 5.27. The molecule has 1 N–H and O–H groups in total. The SMILES string of the molecule is Cc1ccc(Cc2cnc(NC(=O)c3ccc(N4CCCC4)c([N+](=O)[O-])c3)s2)cc1F. The second-order valence-corrected chi connectivity index (χ2v) is 8.62. The molecule has 0 atom stereocenters. The fourth-order valence-electron chi connectivity index (χ4n) is 3.60. The van der Waals surface area contributed by atoms with Crippen LogP contribution in [0.3, 0.4) is 0 Å². The van der Waals surface area contributed by atoms with Gasteiger partial charge in [0, 0.05) is 42.2 Å². The van der Waals surface area contributed by atoms with E-state index < -0.39 is 10.8 Å². The van der Waals surface area contributed by atoms with Gasteiger partial charge >= 0.3 is 0 Å².